The number of anilines is 2. The van der Waals surface area contributed by atoms with E-state index in [4.69, 9.17) is 14.3 Å². The predicted molar refractivity (Wildman–Crippen MR) is 126 cm³/mol. The Kier molecular flexibility index (Phi) is 5.96. The van der Waals surface area contributed by atoms with E-state index in [1.165, 1.54) is 0 Å². The maximum atomic E-state index is 11.6. The van der Waals surface area contributed by atoms with E-state index < -0.39 is 10.1 Å². The van der Waals surface area contributed by atoms with E-state index >= 15 is 0 Å². The van der Waals surface area contributed by atoms with Crippen molar-refractivity contribution in [3.63, 3.8) is 0 Å². The molecule has 1 saturated carbocycles. The summed E-state index contributed by atoms with van der Waals surface area (Å²) in [5.41, 5.74) is 8.36. The lowest BCUT2D eigenvalue weighted by molar-refractivity contribution is 0.168. The van der Waals surface area contributed by atoms with Gasteiger partial charge in [0.1, 0.15) is 5.82 Å². The van der Waals surface area contributed by atoms with Gasteiger partial charge in [0.25, 0.3) is 16.0 Å². The first-order valence-electron chi connectivity index (χ1n) is 11.1. The molecular formula is C22H27N7O4S. The van der Waals surface area contributed by atoms with Crippen LogP contribution in [0.2, 0.25) is 0 Å². The van der Waals surface area contributed by atoms with Gasteiger partial charge in [-0.25, -0.2) is 9.97 Å². The molecule has 0 spiro atoms. The molecule has 1 aliphatic carbocycles. The standard InChI is InChI=1S/C22H27N7O4S/c1-24-9-13-3-5-14(6-4-13)21-27-28-22(32-21)19-20(23)25-10-18(26-19)29-11-15-7-8-17(16(15)12-29)33-34(2,30)31/h3-6,10,15-17,24H,7-9,11-12H2,1-2H3,(H2,23,25). The summed E-state index contributed by atoms with van der Waals surface area (Å²) >= 11 is 0. The van der Waals surface area contributed by atoms with Gasteiger partial charge in [0.2, 0.25) is 5.89 Å². The van der Waals surface area contributed by atoms with Crippen molar-refractivity contribution in [1.82, 2.24) is 25.5 Å². The van der Waals surface area contributed by atoms with Gasteiger partial charge in [0.05, 0.1) is 18.6 Å². The molecule has 1 aromatic carbocycles. The zero-order valence-corrected chi connectivity index (χ0v) is 19.8. The summed E-state index contributed by atoms with van der Waals surface area (Å²) < 4.78 is 34.4. The molecule has 2 aliphatic rings. The number of nitrogen functional groups attached to an aromatic ring is 1. The van der Waals surface area contributed by atoms with Crippen molar-refractivity contribution in [2.24, 2.45) is 11.8 Å². The Labute approximate surface area is 197 Å². The van der Waals surface area contributed by atoms with Gasteiger partial charge in [-0.2, -0.15) is 8.42 Å². The summed E-state index contributed by atoms with van der Waals surface area (Å²) in [4.78, 5) is 11.1. The molecule has 12 heteroatoms. The highest BCUT2D eigenvalue weighted by Gasteiger charge is 2.45. The van der Waals surface area contributed by atoms with Crippen LogP contribution in [0.25, 0.3) is 23.0 Å². The molecule has 34 heavy (non-hydrogen) atoms. The Balaban J connectivity index is 1.35. The summed E-state index contributed by atoms with van der Waals surface area (Å²) in [5, 5.41) is 11.4. The molecule has 2 aromatic heterocycles. The molecule has 1 saturated heterocycles. The molecule has 2 fully saturated rings. The fourth-order valence-electron chi connectivity index (χ4n) is 4.85. The van der Waals surface area contributed by atoms with E-state index in [0.717, 1.165) is 43.3 Å². The van der Waals surface area contributed by atoms with Gasteiger partial charge >= 0.3 is 0 Å². The van der Waals surface area contributed by atoms with Crippen molar-refractivity contribution >= 4 is 21.8 Å². The van der Waals surface area contributed by atoms with Gasteiger partial charge in [-0.1, -0.05) is 12.1 Å². The van der Waals surface area contributed by atoms with Gasteiger partial charge in [0.15, 0.2) is 11.5 Å². The van der Waals surface area contributed by atoms with E-state index in [9.17, 15) is 8.42 Å². The van der Waals surface area contributed by atoms with Gasteiger partial charge in [0, 0.05) is 31.1 Å². The molecule has 0 bridgehead atoms. The van der Waals surface area contributed by atoms with Crippen molar-refractivity contribution in [3.05, 3.63) is 36.0 Å². The van der Waals surface area contributed by atoms with Crippen molar-refractivity contribution in [2.45, 2.75) is 25.5 Å². The van der Waals surface area contributed by atoms with Crippen LogP contribution >= 0.6 is 0 Å². The minimum Gasteiger partial charge on any atom is -0.414 e. The number of nitrogens with two attached hydrogens (primary N) is 1. The van der Waals surface area contributed by atoms with Crippen LogP contribution in [0.15, 0.2) is 34.9 Å². The van der Waals surface area contributed by atoms with Crippen LogP contribution in [-0.4, -0.2) is 61.1 Å². The normalized spacial score (nSPS) is 22.3. The van der Waals surface area contributed by atoms with Crippen LogP contribution in [0, 0.1) is 11.8 Å². The third-order valence-corrected chi connectivity index (χ3v) is 7.01. The minimum atomic E-state index is -3.50. The zero-order chi connectivity index (χ0) is 23.9. The molecule has 0 radical (unpaired) electrons. The van der Waals surface area contributed by atoms with Crippen LogP contribution in [0.1, 0.15) is 18.4 Å². The Bertz CT molecular complexity index is 1280. The number of benzene rings is 1. The van der Waals surface area contributed by atoms with Gasteiger partial charge < -0.3 is 20.4 Å². The largest absolute Gasteiger partial charge is 0.414 e. The van der Waals surface area contributed by atoms with Gasteiger partial charge in [-0.15, -0.1) is 10.2 Å². The average Bonchev–Trinajstić information content (AvgIpc) is 3.52. The minimum absolute atomic E-state index is 0.124. The summed E-state index contributed by atoms with van der Waals surface area (Å²) in [6.07, 6.45) is 4.07. The first-order chi connectivity index (χ1) is 16.3. The molecule has 3 atom stereocenters. The highest BCUT2D eigenvalue weighted by molar-refractivity contribution is 7.86. The molecule has 0 amide bonds. The molecule has 3 aromatic rings. The molecule has 180 valence electrons. The molecule has 3 heterocycles. The first kappa shape index (κ1) is 22.7. The maximum Gasteiger partial charge on any atom is 0.270 e. The summed E-state index contributed by atoms with van der Waals surface area (Å²) in [7, 11) is -1.60. The van der Waals surface area contributed by atoms with E-state index in [-0.39, 0.29) is 23.7 Å². The molecule has 3 N–H and O–H groups in total. The number of rotatable bonds is 7. The van der Waals surface area contributed by atoms with Gasteiger partial charge in [-0.3, -0.25) is 4.18 Å². The monoisotopic (exact) mass is 485 g/mol. The maximum absolute atomic E-state index is 11.6. The zero-order valence-electron chi connectivity index (χ0n) is 19.0. The van der Waals surface area contributed by atoms with E-state index in [0.29, 0.717) is 29.9 Å². The predicted octanol–water partition coefficient (Wildman–Crippen LogP) is 1.69. The molecule has 11 nitrogen and oxygen atoms in total. The quantitative estimate of drug-likeness (QED) is 0.471. The average molecular weight is 486 g/mol. The highest BCUT2D eigenvalue weighted by atomic mass is 32.2. The topological polar surface area (TPSA) is 149 Å². The van der Waals surface area contributed by atoms with Crippen LogP contribution < -0.4 is 16.0 Å². The number of fused-ring (bicyclic) bond motifs is 1. The SMILES string of the molecule is CNCc1ccc(-c2nnc(-c3nc(N4CC5CCC(OS(C)(=O)=O)C5C4)cnc3N)o2)cc1. The summed E-state index contributed by atoms with van der Waals surface area (Å²) in [6, 6.07) is 7.84. The third kappa shape index (κ3) is 4.61. The number of nitrogens with one attached hydrogen (secondary N) is 1. The molecule has 1 aliphatic heterocycles. The van der Waals surface area contributed by atoms with E-state index in [1.807, 2.05) is 31.3 Å². The molecule has 5 rings (SSSR count). The summed E-state index contributed by atoms with van der Waals surface area (Å²) in [6.45, 7) is 2.16. The fourth-order valence-corrected chi connectivity index (χ4v) is 5.54. The number of hydrogen-bond acceptors (Lipinski definition) is 11. The van der Waals surface area contributed by atoms with Gasteiger partial charge in [-0.05, 0) is 43.5 Å². The van der Waals surface area contributed by atoms with E-state index in [2.05, 4.69) is 30.4 Å². The Morgan fingerprint density at radius 3 is 2.68 bits per heavy atom. The lowest BCUT2D eigenvalue weighted by Gasteiger charge is -2.21. The third-order valence-electron chi connectivity index (χ3n) is 6.41. The van der Waals surface area contributed by atoms with Crippen molar-refractivity contribution in [1.29, 1.82) is 0 Å². The van der Waals surface area contributed by atoms with Crippen molar-refractivity contribution < 1.29 is 17.0 Å². The van der Waals surface area contributed by atoms with Crippen LogP contribution in [0.5, 0.6) is 0 Å². The Morgan fingerprint density at radius 1 is 1.18 bits per heavy atom. The second-order valence-electron chi connectivity index (χ2n) is 8.85. The lowest BCUT2D eigenvalue weighted by Crippen LogP contribution is -2.28. The van der Waals surface area contributed by atoms with Crippen molar-refractivity contribution in [3.8, 4) is 23.0 Å². The fraction of sp³-hybridized carbons (Fsp3) is 0.455. The Hall–Kier alpha value is -3.09. The Morgan fingerprint density at radius 2 is 1.94 bits per heavy atom. The second-order valence-corrected chi connectivity index (χ2v) is 10.4. The molecule has 3 unspecified atom stereocenters. The second kappa shape index (κ2) is 8.93. The molecular weight excluding hydrogens is 458 g/mol. The van der Waals surface area contributed by atoms with Crippen molar-refractivity contribution in [2.75, 3.05) is 37.0 Å². The van der Waals surface area contributed by atoms with Crippen LogP contribution in [-0.2, 0) is 20.8 Å². The van der Waals surface area contributed by atoms with E-state index in [1.54, 1.807) is 6.20 Å². The number of nitrogens with zero attached hydrogens (tertiary/aromatic N) is 5. The lowest BCUT2D eigenvalue weighted by atomic mass is 10.00. The summed E-state index contributed by atoms with van der Waals surface area (Å²) in [5.74, 6) is 1.86. The van der Waals surface area contributed by atoms with Crippen LogP contribution in [0.4, 0.5) is 11.6 Å². The highest BCUT2D eigenvalue weighted by Crippen LogP contribution is 2.41. The number of aromatic nitrogens is 4. The van der Waals surface area contributed by atoms with Crippen LogP contribution in [0.3, 0.4) is 0 Å². The smallest absolute Gasteiger partial charge is 0.270 e. The first-order valence-corrected chi connectivity index (χ1v) is 13.0. The number of hydrogen-bond donors (Lipinski definition) is 2.